The maximum Gasteiger partial charge on any atom is 0.262 e. The van der Waals surface area contributed by atoms with E-state index in [1.807, 2.05) is 12.1 Å². The Morgan fingerprint density at radius 3 is 2.54 bits per heavy atom. The van der Waals surface area contributed by atoms with Crippen LogP contribution < -0.4 is 5.32 Å². The summed E-state index contributed by atoms with van der Waals surface area (Å²) in [6.45, 7) is 1.44. The first-order chi connectivity index (χ1) is 12.4. The Hall–Kier alpha value is -1.90. The zero-order chi connectivity index (χ0) is 18.6. The maximum atomic E-state index is 12.6. The first kappa shape index (κ1) is 18.9. The van der Waals surface area contributed by atoms with Gasteiger partial charge in [-0.1, -0.05) is 30.2 Å². The topological polar surface area (TPSA) is 84.3 Å². The van der Waals surface area contributed by atoms with Gasteiger partial charge < -0.3 is 9.88 Å². The van der Waals surface area contributed by atoms with Gasteiger partial charge in [-0.2, -0.15) is 4.31 Å². The van der Waals surface area contributed by atoms with E-state index >= 15 is 0 Å². The van der Waals surface area contributed by atoms with Gasteiger partial charge in [0, 0.05) is 30.9 Å². The SMILES string of the molecule is O=C(Cn1cnc(S(=O)(=O)N2CCCCC2)c1)NCc1ccc(Cl)cc1. The summed E-state index contributed by atoms with van der Waals surface area (Å²) in [6, 6.07) is 7.19. The number of hydrogen-bond donors (Lipinski definition) is 1. The van der Waals surface area contributed by atoms with Crippen LogP contribution in [0.15, 0.2) is 41.8 Å². The smallest absolute Gasteiger partial charge is 0.262 e. The van der Waals surface area contributed by atoms with E-state index in [0.29, 0.717) is 24.7 Å². The van der Waals surface area contributed by atoms with Crippen molar-refractivity contribution in [1.82, 2.24) is 19.2 Å². The molecule has 1 aliphatic heterocycles. The van der Waals surface area contributed by atoms with Gasteiger partial charge in [-0.05, 0) is 30.5 Å². The third-order valence-electron chi connectivity index (χ3n) is 4.26. The fourth-order valence-electron chi connectivity index (χ4n) is 2.82. The number of imidazole rings is 1. The van der Waals surface area contributed by atoms with E-state index in [2.05, 4.69) is 10.3 Å². The molecule has 9 heteroatoms. The normalized spacial score (nSPS) is 15.7. The molecule has 1 N–H and O–H groups in total. The molecular formula is C17H21ClN4O3S. The molecule has 0 radical (unpaired) electrons. The zero-order valence-corrected chi connectivity index (χ0v) is 15.8. The van der Waals surface area contributed by atoms with Crippen molar-refractivity contribution in [2.45, 2.75) is 37.4 Å². The lowest BCUT2D eigenvalue weighted by molar-refractivity contribution is -0.121. The van der Waals surface area contributed by atoms with Crippen LogP contribution in [0.5, 0.6) is 0 Å². The number of sulfonamides is 1. The lowest BCUT2D eigenvalue weighted by Gasteiger charge is -2.24. The average molecular weight is 397 g/mol. The molecular weight excluding hydrogens is 376 g/mol. The van der Waals surface area contributed by atoms with E-state index in [1.165, 1.54) is 21.4 Å². The highest BCUT2D eigenvalue weighted by atomic mass is 35.5. The summed E-state index contributed by atoms with van der Waals surface area (Å²) in [7, 11) is -3.58. The molecule has 140 valence electrons. The molecule has 1 saturated heterocycles. The molecule has 7 nitrogen and oxygen atoms in total. The summed E-state index contributed by atoms with van der Waals surface area (Å²) < 4.78 is 28.1. The third-order valence-corrected chi connectivity index (χ3v) is 6.29. The Labute approximate surface area is 158 Å². The molecule has 0 saturated carbocycles. The molecule has 3 rings (SSSR count). The van der Waals surface area contributed by atoms with Gasteiger partial charge >= 0.3 is 0 Å². The lowest BCUT2D eigenvalue weighted by Crippen LogP contribution is -2.35. The van der Waals surface area contributed by atoms with Crippen LogP contribution in [0, 0.1) is 0 Å². The van der Waals surface area contributed by atoms with E-state index in [-0.39, 0.29) is 17.5 Å². The number of nitrogens with one attached hydrogen (secondary N) is 1. The molecule has 0 bridgehead atoms. The number of halogens is 1. The molecule has 0 atom stereocenters. The largest absolute Gasteiger partial charge is 0.350 e. The van der Waals surface area contributed by atoms with Gasteiger partial charge in [0.25, 0.3) is 10.0 Å². The summed E-state index contributed by atoms with van der Waals surface area (Å²) >= 11 is 5.83. The van der Waals surface area contributed by atoms with Crippen molar-refractivity contribution in [2.24, 2.45) is 0 Å². The highest BCUT2D eigenvalue weighted by molar-refractivity contribution is 7.89. The molecule has 1 amide bonds. The maximum absolute atomic E-state index is 12.6. The Morgan fingerprint density at radius 1 is 1.15 bits per heavy atom. The van der Waals surface area contributed by atoms with Crippen LogP contribution in [0.1, 0.15) is 24.8 Å². The Bertz CT molecular complexity index is 858. The Kier molecular flexibility index (Phi) is 5.95. The minimum Gasteiger partial charge on any atom is -0.350 e. The fourth-order valence-corrected chi connectivity index (χ4v) is 4.40. The van der Waals surface area contributed by atoms with Crippen molar-refractivity contribution in [3.8, 4) is 0 Å². The Balaban J connectivity index is 1.57. The second-order valence-corrected chi connectivity index (χ2v) is 8.57. The molecule has 0 aliphatic carbocycles. The molecule has 2 aromatic rings. The number of carbonyl (C=O) groups excluding carboxylic acids is 1. The Morgan fingerprint density at radius 2 is 1.85 bits per heavy atom. The number of nitrogens with zero attached hydrogens (tertiary/aromatic N) is 3. The number of carbonyl (C=O) groups is 1. The number of amides is 1. The summed E-state index contributed by atoms with van der Waals surface area (Å²) in [6.07, 6.45) is 5.57. The molecule has 26 heavy (non-hydrogen) atoms. The van der Waals surface area contributed by atoms with Crippen molar-refractivity contribution < 1.29 is 13.2 Å². The van der Waals surface area contributed by atoms with Gasteiger partial charge in [-0.15, -0.1) is 0 Å². The van der Waals surface area contributed by atoms with Crippen LogP contribution in [-0.4, -0.2) is 41.3 Å². The second-order valence-electron chi connectivity index (χ2n) is 6.25. The highest BCUT2D eigenvalue weighted by Crippen LogP contribution is 2.19. The van der Waals surface area contributed by atoms with E-state index in [9.17, 15) is 13.2 Å². The third kappa shape index (κ3) is 4.63. The number of aromatic nitrogens is 2. The van der Waals surface area contributed by atoms with Crippen molar-refractivity contribution >= 4 is 27.5 Å². The van der Waals surface area contributed by atoms with Crippen molar-refractivity contribution in [3.05, 3.63) is 47.4 Å². The molecule has 1 aliphatic rings. The molecule has 1 aromatic carbocycles. The lowest BCUT2D eigenvalue weighted by atomic mass is 10.2. The summed E-state index contributed by atoms with van der Waals surface area (Å²) in [5, 5.41) is 3.42. The van der Waals surface area contributed by atoms with Crippen LogP contribution in [-0.2, 0) is 27.9 Å². The highest BCUT2D eigenvalue weighted by Gasteiger charge is 2.28. The minimum atomic E-state index is -3.58. The van der Waals surface area contributed by atoms with Crippen LogP contribution in [0.25, 0.3) is 0 Å². The van der Waals surface area contributed by atoms with Crippen molar-refractivity contribution in [1.29, 1.82) is 0 Å². The summed E-state index contributed by atoms with van der Waals surface area (Å²) in [5.41, 5.74) is 0.932. The predicted molar refractivity (Wildman–Crippen MR) is 98.1 cm³/mol. The van der Waals surface area contributed by atoms with Crippen LogP contribution in [0.2, 0.25) is 5.02 Å². The van der Waals surface area contributed by atoms with Gasteiger partial charge in [0.15, 0.2) is 5.03 Å². The van der Waals surface area contributed by atoms with Gasteiger partial charge in [0.2, 0.25) is 5.91 Å². The first-order valence-electron chi connectivity index (χ1n) is 8.48. The van der Waals surface area contributed by atoms with E-state index in [4.69, 9.17) is 11.6 Å². The predicted octanol–water partition coefficient (Wildman–Crippen LogP) is 2.03. The quantitative estimate of drug-likeness (QED) is 0.809. The van der Waals surface area contributed by atoms with Crippen LogP contribution in [0.3, 0.4) is 0 Å². The summed E-state index contributed by atoms with van der Waals surface area (Å²) in [4.78, 5) is 16.1. The molecule has 2 heterocycles. The first-order valence-corrected chi connectivity index (χ1v) is 10.3. The fraction of sp³-hybridized carbons (Fsp3) is 0.412. The van der Waals surface area contributed by atoms with E-state index in [0.717, 1.165) is 24.8 Å². The zero-order valence-electron chi connectivity index (χ0n) is 14.3. The molecule has 0 spiro atoms. The standard InChI is InChI=1S/C17H21ClN4O3S/c18-15-6-4-14(5-7-15)10-19-16(23)11-21-12-17(20-13-21)26(24,25)22-8-2-1-3-9-22/h4-7,12-13H,1-3,8-11H2,(H,19,23). The summed E-state index contributed by atoms with van der Waals surface area (Å²) in [5.74, 6) is -0.223. The number of rotatable bonds is 6. The van der Waals surface area contributed by atoms with Gasteiger partial charge in [0.1, 0.15) is 6.54 Å². The van der Waals surface area contributed by atoms with Gasteiger partial charge in [0.05, 0.1) is 6.33 Å². The molecule has 1 aromatic heterocycles. The van der Waals surface area contributed by atoms with Crippen LogP contribution in [0.4, 0.5) is 0 Å². The van der Waals surface area contributed by atoms with E-state index in [1.54, 1.807) is 12.1 Å². The van der Waals surface area contributed by atoms with Gasteiger partial charge in [-0.3, -0.25) is 4.79 Å². The minimum absolute atomic E-state index is 0.00935. The van der Waals surface area contributed by atoms with Crippen molar-refractivity contribution in [2.75, 3.05) is 13.1 Å². The number of benzene rings is 1. The number of hydrogen-bond acceptors (Lipinski definition) is 4. The monoisotopic (exact) mass is 396 g/mol. The molecule has 0 unspecified atom stereocenters. The van der Waals surface area contributed by atoms with E-state index < -0.39 is 10.0 Å². The number of piperidine rings is 1. The van der Waals surface area contributed by atoms with Crippen molar-refractivity contribution in [3.63, 3.8) is 0 Å². The van der Waals surface area contributed by atoms with Crippen LogP contribution >= 0.6 is 11.6 Å². The van der Waals surface area contributed by atoms with Gasteiger partial charge in [-0.25, -0.2) is 13.4 Å². The second kappa shape index (κ2) is 8.20. The average Bonchev–Trinajstić information content (AvgIpc) is 3.11. The molecule has 1 fully saturated rings.